The Morgan fingerprint density at radius 1 is 1.28 bits per heavy atom. The number of hydrogen-bond donors (Lipinski definition) is 0. The zero-order chi connectivity index (χ0) is 18.8. The molecule has 7 nitrogen and oxygen atoms in total. The first-order chi connectivity index (χ1) is 11.6. The molecule has 0 saturated carbocycles. The third-order valence-electron chi connectivity index (χ3n) is 2.93. The first-order valence-electron chi connectivity index (χ1n) is 6.60. The van der Waals surface area contributed by atoms with Gasteiger partial charge in [0.15, 0.2) is 18.3 Å². The number of halogens is 5. The number of carbonyl (C=O) groups is 1. The molecule has 0 atom stereocenters. The summed E-state index contributed by atoms with van der Waals surface area (Å²) < 4.78 is 73.8. The second-order valence-electron chi connectivity index (χ2n) is 4.64. The van der Waals surface area contributed by atoms with Gasteiger partial charge in [0.05, 0.1) is 7.11 Å². The fourth-order valence-electron chi connectivity index (χ4n) is 1.81. The Labute approximate surface area is 137 Å². The molecule has 0 radical (unpaired) electrons. The normalized spacial score (nSPS) is 11.7. The van der Waals surface area contributed by atoms with Gasteiger partial charge >= 0.3 is 12.1 Å². The molecular formula is C13H11F5N4O3. The van der Waals surface area contributed by atoms with Crippen LogP contribution in [-0.4, -0.2) is 32.8 Å². The molecule has 0 aliphatic carbocycles. The first-order valence-corrected chi connectivity index (χ1v) is 6.60. The van der Waals surface area contributed by atoms with Crippen molar-refractivity contribution in [3.8, 4) is 5.88 Å². The Balaban J connectivity index is 2.30. The Morgan fingerprint density at radius 3 is 2.48 bits per heavy atom. The van der Waals surface area contributed by atoms with Gasteiger partial charge in [0.1, 0.15) is 11.3 Å². The number of esters is 1. The summed E-state index contributed by atoms with van der Waals surface area (Å²) in [6, 6.07) is 1.43. The minimum Gasteiger partial charge on any atom is -0.469 e. The van der Waals surface area contributed by atoms with Crippen molar-refractivity contribution in [2.75, 3.05) is 7.11 Å². The lowest BCUT2D eigenvalue weighted by atomic mass is 10.2. The minimum absolute atomic E-state index is 0.215. The van der Waals surface area contributed by atoms with Crippen LogP contribution in [0.2, 0.25) is 0 Å². The van der Waals surface area contributed by atoms with Crippen LogP contribution in [0.4, 0.5) is 22.0 Å². The molecule has 0 N–H and O–H groups in total. The van der Waals surface area contributed by atoms with Crippen LogP contribution < -0.4 is 4.74 Å². The molecule has 12 heteroatoms. The number of methoxy groups -OCH3 is 1. The molecule has 0 aliphatic heterocycles. The quantitative estimate of drug-likeness (QED) is 0.598. The summed E-state index contributed by atoms with van der Waals surface area (Å²) in [7, 11) is 2.25. The third-order valence-corrected chi connectivity index (χ3v) is 2.93. The van der Waals surface area contributed by atoms with Crippen LogP contribution >= 0.6 is 0 Å². The molecule has 0 unspecified atom stereocenters. The van der Waals surface area contributed by atoms with Gasteiger partial charge < -0.3 is 9.47 Å². The van der Waals surface area contributed by atoms with Crippen molar-refractivity contribution in [2.24, 2.45) is 7.05 Å². The van der Waals surface area contributed by atoms with Gasteiger partial charge in [-0.25, -0.2) is 28.2 Å². The van der Waals surface area contributed by atoms with Crippen LogP contribution in [0.5, 0.6) is 5.88 Å². The third kappa shape index (κ3) is 4.19. The average molecular weight is 366 g/mol. The average Bonchev–Trinajstić information content (AvgIpc) is 2.92. The standard InChI is InChI=1S/C13H11F5N4O3/c1-22-10(9(14)15)20-8(21-22)5-25-11-6(12(23)24-2)3-4-7(19-11)13(16,17)18/h3-4,9H,5H2,1-2H3. The van der Waals surface area contributed by atoms with E-state index >= 15 is 0 Å². The lowest BCUT2D eigenvalue weighted by Gasteiger charge is -2.11. The molecule has 2 rings (SSSR count). The fraction of sp³-hybridized carbons (Fsp3) is 0.385. The molecule has 0 spiro atoms. The Morgan fingerprint density at radius 2 is 1.96 bits per heavy atom. The highest BCUT2D eigenvalue weighted by molar-refractivity contribution is 5.91. The summed E-state index contributed by atoms with van der Waals surface area (Å²) in [5, 5.41) is 3.65. The molecule has 0 saturated heterocycles. The van der Waals surface area contributed by atoms with E-state index in [4.69, 9.17) is 4.74 Å². The van der Waals surface area contributed by atoms with E-state index in [2.05, 4.69) is 19.8 Å². The predicted octanol–water partition coefficient (Wildman–Crippen LogP) is 2.53. The molecule has 136 valence electrons. The highest BCUT2D eigenvalue weighted by atomic mass is 19.4. The Hall–Kier alpha value is -2.79. The molecule has 0 fully saturated rings. The molecule has 2 aromatic rings. The summed E-state index contributed by atoms with van der Waals surface area (Å²) in [5.74, 6) is -2.50. The van der Waals surface area contributed by atoms with Crippen LogP contribution in [0.3, 0.4) is 0 Å². The number of carbonyl (C=O) groups excluding carboxylic acids is 1. The molecule has 0 bridgehead atoms. The zero-order valence-electron chi connectivity index (χ0n) is 12.8. The summed E-state index contributed by atoms with van der Waals surface area (Å²) >= 11 is 0. The highest BCUT2D eigenvalue weighted by Crippen LogP contribution is 2.30. The summed E-state index contributed by atoms with van der Waals surface area (Å²) in [6.45, 7) is -0.571. The second kappa shape index (κ2) is 6.99. The van der Waals surface area contributed by atoms with Crippen molar-refractivity contribution in [3.63, 3.8) is 0 Å². The van der Waals surface area contributed by atoms with Gasteiger partial charge in [-0.15, -0.1) is 0 Å². The van der Waals surface area contributed by atoms with Gasteiger partial charge in [0.25, 0.3) is 6.43 Å². The van der Waals surface area contributed by atoms with E-state index in [0.717, 1.165) is 17.9 Å². The molecule has 2 heterocycles. The molecular weight excluding hydrogens is 355 g/mol. The van der Waals surface area contributed by atoms with Crippen LogP contribution in [0.1, 0.15) is 34.1 Å². The molecule has 0 aliphatic rings. The highest BCUT2D eigenvalue weighted by Gasteiger charge is 2.34. The lowest BCUT2D eigenvalue weighted by molar-refractivity contribution is -0.141. The molecule has 0 amide bonds. The topological polar surface area (TPSA) is 79.1 Å². The van der Waals surface area contributed by atoms with E-state index in [9.17, 15) is 26.7 Å². The largest absolute Gasteiger partial charge is 0.469 e. The van der Waals surface area contributed by atoms with E-state index in [0.29, 0.717) is 6.07 Å². The second-order valence-corrected chi connectivity index (χ2v) is 4.64. The number of pyridine rings is 1. The number of hydrogen-bond acceptors (Lipinski definition) is 6. The Bertz CT molecular complexity index is 776. The Kier molecular flexibility index (Phi) is 5.18. The lowest BCUT2D eigenvalue weighted by Crippen LogP contribution is -2.13. The van der Waals surface area contributed by atoms with Crippen molar-refractivity contribution in [3.05, 3.63) is 35.0 Å². The monoisotopic (exact) mass is 366 g/mol. The number of nitrogens with zero attached hydrogens (tertiary/aromatic N) is 4. The SMILES string of the molecule is COC(=O)c1ccc(C(F)(F)F)nc1OCc1nc(C(F)F)n(C)n1. The number of alkyl halides is 5. The molecule has 2 aromatic heterocycles. The van der Waals surface area contributed by atoms with Crippen molar-refractivity contribution in [2.45, 2.75) is 19.2 Å². The van der Waals surface area contributed by atoms with Gasteiger partial charge in [-0.2, -0.15) is 18.3 Å². The smallest absolute Gasteiger partial charge is 0.433 e. The fourth-order valence-corrected chi connectivity index (χ4v) is 1.81. The van der Waals surface area contributed by atoms with E-state index in [1.165, 1.54) is 7.05 Å². The number of aromatic nitrogens is 4. The van der Waals surface area contributed by atoms with Crippen LogP contribution in [0.15, 0.2) is 12.1 Å². The number of ether oxygens (including phenoxy) is 2. The van der Waals surface area contributed by atoms with E-state index in [1.54, 1.807) is 0 Å². The summed E-state index contributed by atoms with van der Waals surface area (Å²) in [5.41, 5.74) is -1.65. The maximum atomic E-state index is 12.7. The van der Waals surface area contributed by atoms with E-state index < -0.39 is 42.6 Å². The van der Waals surface area contributed by atoms with Gasteiger partial charge in [-0.1, -0.05) is 0 Å². The van der Waals surface area contributed by atoms with E-state index in [1.807, 2.05) is 0 Å². The maximum Gasteiger partial charge on any atom is 0.433 e. The predicted molar refractivity (Wildman–Crippen MR) is 70.9 cm³/mol. The first kappa shape index (κ1) is 18.5. The van der Waals surface area contributed by atoms with Crippen molar-refractivity contribution in [1.29, 1.82) is 0 Å². The van der Waals surface area contributed by atoms with Crippen molar-refractivity contribution >= 4 is 5.97 Å². The summed E-state index contributed by atoms with van der Waals surface area (Å²) in [6.07, 6.45) is -7.65. The van der Waals surface area contributed by atoms with E-state index in [-0.39, 0.29) is 11.4 Å². The van der Waals surface area contributed by atoms with Crippen molar-refractivity contribution < 1.29 is 36.2 Å². The molecule has 0 aromatic carbocycles. The molecule has 25 heavy (non-hydrogen) atoms. The van der Waals surface area contributed by atoms with Crippen molar-refractivity contribution in [1.82, 2.24) is 19.7 Å². The van der Waals surface area contributed by atoms with Gasteiger partial charge in [0.2, 0.25) is 5.88 Å². The van der Waals surface area contributed by atoms with Crippen LogP contribution in [0, 0.1) is 0 Å². The van der Waals surface area contributed by atoms with Gasteiger partial charge in [-0.05, 0) is 12.1 Å². The zero-order valence-corrected chi connectivity index (χ0v) is 12.8. The van der Waals surface area contributed by atoms with Crippen LogP contribution in [0.25, 0.3) is 0 Å². The van der Waals surface area contributed by atoms with Gasteiger partial charge in [0, 0.05) is 7.05 Å². The minimum atomic E-state index is -4.77. The number of aryl methyl sites for hydroxylation is 1. The van der Waals surface area contributed by atoms with Crippen LogP contribution in [-0.2, 0) is 24.6 Å². The maximum absolute atomic E-state index is 12.7. The van der Waals surface area contributed by atoms with Gasteiger partial charge in [-0.3, -0.25) is 0 Å². The number of rotatable bonds is 5. The summed E-state index contributed by atoms with van der Waals surface area (Å²) in [4.78, 5) is 18.3.